The van der Waals surface area contributed by atoms with Crippen LogP contribution in [0, 0.1) is 6.92 Å². The molecule has 3 N–H and O–H groups in total. The van der Waals surface area contributed by atoms with Crippen molar-refractivity contribution < 1.29 is 14.6 Å². The largest absolute Gasteiger partial charge is 0.480 e. The third kappa shape index (κ3) is 3.83. The van der Waals surface area contributed by atoms with E-state index in [0.717, 1.165) is 11.3 Å². The lowest BCUT2D eigenvalue weighted by Crippen LogP contribution is -2.32. The average Bonchev–Trinajstić information content (AvgIpc) is 2.42. The molecule has 0 unspecified atom stereocenters. The molecule has 0 bridgehead atoms. The molecular weight excluding hydrogens is 254 g/mol. The summed E-state index contributed by atoms with van der Waals surface area (Å²) in [6.45, 7) is 2.01. The number of benzene rings is 2. The number of carboxylic acid groups (broad SMARTS) is 1. The van der Waals surface area contributed by atoms with Crippen molar-refractivity contribution >= 4 is 5.97 Å². The van der Waals surface area contributed by atoms with Crippen LogP contribution in [0.1, 0.15) is 11.1 Å². The molecule has 0 aliphatic rings. The Balaban J connectivity index is 2.09. The van der Waals surface area contributed by atoms with E-state index in [1.165, 1.54) is 5.56 Å². The minimum absolute atomic E-state index is 0.278. The van der Waals surface area contributed by atoms with Gasteiger partial charge in [-0.15, -0.1) is 0 Å². The van der Waals surface area contributed by atoms with Crippen molar-refractivity contribution in [2.45, 2.75) is 19.4 Å². The summed E-state index contributed by atoms with van der Waals surface area (Å²) < 4.78 is 5.73. The van der Waals surface area contributed by atoms with Gasteiger partial charge in [0.25, 0.3) is 0 Å². The predicted octanol–water partition coefficient (Wildman–Crippen LogP) is 2.74. The van der Waals surface area contributed by atoms with Crippen LogP contribution in [0.4, 0.5) is 0 Å². The van der Waals surface area contributed by atoms with E-state index in [0.29, 0.717) is 5.75 Å². The maximum atomic E-state index is 10.8. The normalized spacial score (nSPS) is 11.9. The van der Waals surface area contributed by atoms with Crippen molar-refractivity contribution in [3.8, 4) is 11.5 Å². The quantitative estimate of drug-likeness (QED) is 0.877. The summed E-state index contributed by atoms with van der Waals surface area (Å²) in [5.41, 5.74) is 7.53. The maximum Gasteiger partial charge on any atom is 0.320 e. The summed E-state index contributed by atoms with van der Waals surface area (Å²) in [6.07, 6.45) is 0.278. The standard InChI is InChI=1S/C16H17NO3/c1-11-5-7-13(8-6-11)20-14-4-2-3-12(9-14)10-15(17)16(18)19/h2-9,15H,10,17H2,1H3,(H,18,19)/t15-/m0/s1. The lowest BCUT2D eigenvalue weighted by molar-refractivity contribution is -0.138. The molecule has 1 atom stereocenters. The van der Waals surface area contributed by atoms with Gasteiger partial charge < -0.3 is 15.6 Å². The smallest absolute Gasteiger partial charge is 0.320 e. The van der Waals surface area contributed by atoms with Gasteiger partial charge >= 0.3 is 5.97 Å². The first-order valence-corrected chi connectivity index (χ1v) is 6.36. The summed E-state index contributed by atoms with van der Waals surface area (Å²) in [4.78, 5) is 10.8. The fourth-order valence-electron chi connectivity index (χ4n) is 1.82. The molecule has 0 saturated carbocycles. The Bertz CT molecular complexity index is 593. The summed E-state index contributed by atoms with van der Waals surface area (Å²) >= 11 is 0. The lowest BCUT2D eigenvalue weighted by Gasteiger charge is -2.09. The molecule has 0 heterocycles. The summed E-state index contributed by atoms with van der Waals surface area (Å²) in [7, 11) is 0. The molecule has 0 spiro atoms. The van der Waals surface area contributed by atoms with Crippen molar-refractivity contribution in [2.75, 3.05) is 0 Å². The second-order valence-corrected chi connectivity index (χ2v) is 4.71. The zero-order valence-corrected chi connectivity index (χ0v) is 11.2. The van der Waals surface area contributed by atoms with Crippen LogP contribution >= 0.6 is 0 Å². The summed E-state index contributed by atoms with van der Waals surface area (Å²) in [6, 6.07) is 14.1. The van der Waals surface area contributed by atoms with Gasteiger partial charge in [-0.05, 0) is 43.2 Å². The lowest BCUT2D eigenvalue weighted by atomic mass is 10.1. The number of carbonyl (C=O) groups is 1. The van der Waals surface area contributed by atoms with E-state index in [1.54, 1.807) is 0 Å². The number of ether oxygens (including phenoxy) is 1. The molecule has 0 aromatic heterocycles. The van der Waals surface area contributed by atoms with Crippen LogP contribution in [0.3, 0.4) is 0 Å². The molecule has 2 aromatic rings. The molecule has 0 aliphatic heterocycles. The van der Waals surface area contributed by atoms with Crippen LogP contribution in [0.2, 0.25) is 0 Å². The number of carboxylic acids is 1. The van der Waals surface area contributed by atoms with Crippen LogP contribution in [0.15, 0.2) is 48.5 Å². The molecule has 104 valence electrons. The van der Waals surface area contributed by atoms with Crippen LogP contribution in [-0.2, 0) is 11.2 Å². The van der Waals surface area contributed by atoms with Gasteiger partial charge in [0.05, 0.1) is 0 Å². The fourth-order valence-corrected chi connectivity index (χ4v) is 1.82. The first kappa shape index (κ1) is 14.1. The van der Waals surface area contributed by atoms with Gasteiger partial charge in [-0.25, -0.2) is 0 Å². The van der Waals surface area contributed by atoms with Gasteiger partial charge in [0.15, 0.2) is 0 Å². The van der Waals surface area contributed by atoms with Gasteiger partial charge in [0.2, 0.25) is 0 Å². The molecule has 0 amide bonds. The maximum absolute atomic E-state index is 10.8. The Morgan fingerprint density at radius 1 is 1.20 bits per heavy atom. The molecule has 2 rings (SSSR count). The number of aryl methyl sites for hydroxylation is 1. The number of aliphatic carboxylic acids is 1. The van der Waals surface area contributed by atoms with E-state index in [1.807, 2.05) is 55.5 Å². The summed E-state index contributed by atoms with van der Waals surface area (Å²) in [5, 5.41) is 8.82. The highest BCUT2D eigenvalue weighted by atomic mass is 16.5. The monoisotopic (exact) mass is 271 g/mol. The van der Waals surface area contributed by atoms with Crippen molar-refractivity contribution in [1.29, 1.82) is 0 Å². The minimum Gasteiger partial charge on any atom is -0.480 e. The zero-order chi connectivity index (χ0) is 14.5. The molecule has 0 fully saturated rings. The first-order valence-electron chi connectivity index (χ1n) is 6.36. The number of hydrogen-bond donors (Lipinski definition) is 2. The molecular formula is C16H17NO3. The van der Waals surface area contributed by atoms with Crippen molar-refractivity contribution in [2.24, 2.45) is 5.73 Å². The van der Waals surface area contributed by atoms with Crippen molar-refractivity contribution in [3.05, 3.63) is 59.7 Å². The van der Waals surface area contributed by atoms with E-state index >= 15 is 0 Å². The molecule has 0 radical (unpaired) electrons. The van der Waals surface area contributed by atoms with Gasteiger partial charge in [0, 0.05) is 0 Å². The predicted molar refractivity (Wildman–Crippen MR) is 77.0 cm³/mol. The highest BCUT2D eigenvalue weighted by molar-refractivity contribution is 5.73. The third-order valence-corrected chi connectivity index (χ3v) is 2.93. The van der Waals surface area contributed by atoms with Crippen LogP contribution in [0.25, 0.3) is 0 Å². The molecule has 0 aliphatic carbocycles. The third-order valence-electron chi connectivity index (χ3n) is 2.93. The Labute approximate surface area is 117 Å². The van der Waals surface area contributed by atoms with Gasteiger partial charge in [0.1, 0.15) is 17.5 Å². The molecule has 20 heavy (non-hydrogen) atoms. The molecule has 4 heteroatoms. The average molecular weight is 271 g/mol. The second kappa shape index (κ2) is 6.21. The van der Waals surface area contributed by atoms with Gasteiger partial charge in [-0.3, -0.25) is 4.79 Å². The highest BCUT2D eigenvalue weighted by Gasteiger charge is 2.12. The second-order valence-electron chi connectivity index (χ2n) is 4.71. The highest BCUT2D eigenvalue weighted by Crippen LogP contribution is 2.22. The number of nitrogens with two attached hydrogens (primary N) is 1. The molecule has 2 aromatic carbocycles. The SMILES string of the molecule is Cc1ccc(Oc2cccc(C[C@H](N)C(=O)O)c2)cc1. The Morgan fingerprint density at radius 3 is 2.55 bits per heavy atom. The molecule has 0 saturated heterocycles. The van der Waals surface area contributed by atoms with Gasteiger partial charge in [-0.1, -0.05) is 29.8 Å². The number of hydrogen-bond acceptors (Lipinski definition) is 3. The van der Waals surface area contributed by atoms with Crippen LogP contribution in [-0.4, -0.2) is 17.1 Å². The van der Waals surface area contributed by atoms with E-state index in [4.69, 9.17) is 15.6 Å². The topological polar surface area (TPSA) is 72.5 Å². The van der Waals surface area contributed by atoms with Gasteiger partial charge in [-0.2, -0.15) is 0 Å². The zero-order valence-electron chi connectivity index (χ0n) is 11.2. The molecule has 4 nitrogen and oxygen atoms in total. The van der Waals surface area contributed by atoms with E-state index in [-0.39, 0.29) is 6.42 Å². The minimum atomic E-state index is -1.00. The Morgan fingerprint density at radius 2 is 1.90 bits per heavy atom. The van der Waals surface area contributed by atoms with E-state index in [2.05, 4.69) is 0 Å². The number of rotatable bonds is 5. The Kier molecular flexibility index (Phi) is 4.38. The summed E-state index contributed by atoms with van der Waals surface area (Å²) in [5.74, 6) is 0.411. The van der Waals surface area contributed by atoms with E-state index < -0.39 is 12.0 Å². The van der Waals surface area contributed by atoms with E-state index in [9.17, 15) is 4.79 Å². The van der Waals surface area contributed by atoms with Crippen molar-refractivity contribution in [3.63, 3.8) is 0 Å². The van der Waals surface area contributed by atoms with Crippen molar-refractivity contribution in [1.82, 2.24) is 0 Å². The van der Waals surface area contributed by atoms with Crippen LogP contribution in [0.5, 0.6) is 11.5 Å². The Hall–Kier alpha value is -2.33. The first-order chi connectivity index (χ1) is 9.54. The van der Waals surface area contributed by atoms with Crippen LogP contribution < -0.4 is 10.5 Å². The fraction of sp³-hybridized carbons (Fsp3) is 0.188.